The molecule has 0 unspecified atom stereocenters. The van der Waals surface area contributed by atoms with Crippen LogP contribution in [-0.4, -0.2) is 56.9 Å². The molecule has 1 aromatic carbocycles. The maximum Gasteiger partial charge on any atom is 0.234 e. The van der Waals surface area contributed by atoms with Crippen LogP contribution in [-0.2, 0) is 9.59 Å². The maximum atomic E-state index is 12.8. The summed E-state index contributed by atoms with van der Waals surface area (Å²) in [6.45, 7) is 4.99. The minimum absolute atomic E-state index is 0.0258. The van der Waals surface area contributed by atoms with Crippen LogP contribution in [0.15, 0.2) is 35.7 Å². The van der Waals surface area contributed by atoms with Gasteiger partial charge < -0.3 is 15.1 Å². The van der Waals surface area contributed by atoms with E-state index in [1.807, 2.05) is 62.0 Å². The lowest BCUT2D eigenvalue weighted by Crippen LogP contribution is -2.40. The molecule has 1 amide bonds. The topological polar surface area (TPSA) is 79.7 Å². The van der Waals surface area contributed by atoms with E-state index in [4.69, 9.17) is 0 Å². The first-order valence-corrected chi connectivity index (χ1v) is 8.67. The quantitative estimate of drug-likeness (QED) is 0.587. The Bertz CT molecular complexity index is 734. The fraction of sp³-hybridized carbons (Fsp3) is 0.421. The number of fused-ring (bicyclic) bond motifs is 1. The molecule has 0 saturated carbocycles. The molecule has 1 heterocycles. The van der Waals surface area contributed by atoms with Crippen molar-refractivity contribution in [3.63, 3.8) is 0 Å². The number of ketones is 1. The number of anilines is 2. The van der Waals surface area contributed by atoms with E-state index < -0.39 is 0 Å². The zero-order valence-corrected chi connectivity index (χ0v) is 15.7. The second-order valence-electron chi connectivity index (χ2n) is 6.10. The lowest BCUT2D eigenvalue weighted by molar-refractivity contribution is -0.123. The number of likely N-dealkylation sites (N-methyl/N-ethyl adjacent to an activating group) is 2. The van der Waals surface area contributed by atoms with E-state index in [9.17, 15) is 14.9 Å². The smallest absolute Gasteiger partial charge is 0.234 e. The van der Waals surface area contributed by atoms with Gasteiger partial charge in [0.1, 0.15) is 17.5 Å². The van der Waals surface area contributed by atoms with E-state index in [1.54, 1.807) is 4.90 Å². The van der Waals surface area contributed by atoms with Crippen molar-refractivity contribution in [3.8, 4) is 6.07 Å². The standard InChI is InChI=1S/C19H25N5O2/c1-5-21-18(26)13-24(6-2)12-17(25)14(11-20)19-22(3)15-9-7-8-10-16(15)23(19)4/h7-10H,5-6,12-13H2,1-4H3,(H,21,26). The fourth-order valence-corrected chi connectivity index (χ4v) is 3.07. The second-order valence-corrected chi connectivity index (χ2v) is 6.10. The molecule has 1 aliphatic rings. The number of rotatable bonds is 7. The van der Waals surface area contributed by atoms with E-state index in [2.05, 4.69) is 11.4 Å². The van der Waals surface area contributed by atoms with Crippen LogP contribution in [0.25, 0.3) is 0 Å². The fourth-order valence-electron chi connectivity index (χ4n) is 3.07. The van der Waals surface area contributed by atoms with Gasteiger partial charge in [0.05, 0.1) is 24.5 Å². The van der Waals surface area contributed by atoms with Crippen LogP contribution < -0.4 is 15.1 Å². The lowest BCUT2D eigenvalue weighted by atomic mass is 10.1. The number of hydrogen-bond donors (Lipinski definition) is 1. The largest absolute Gasteiger partial charge is 0.355 e. The van der Waals surface area contributed by atoms with Gasteiger partial charge in [-0.2, -0.15) is 5.26 Å². The molecule has 0 aliphatic carbocycles. The minimum Gasteiger partial charge on any atom is -0.355 e. The van der Waals surface area contributed by atoms with Gasteiger partial charge >= 0.3 is 0 Å². The summed E-state index contributed by atoms with van der Waals surface area (Å²) in [6.07, 6.45) is 0. The average molecular weight is 355 g/mol. The van der Waals surface area contributed by atoms with E-state index in [0.29, 0.717) is 18.9 Å². The van der Waals surface area contributed by atoms with Crippen LogP contribution in [0, 0.1) is 11.3 Å². The van der Waals surface area contributed by atoms with Crippen LogP contribution >= 0.6 is 0 Å². The highest BCUT2D eigenvalue weighted by Gasteiger charge is 2.31. The van der Waals surface area contributed by atoms with Crippen LogP contribution in [0.1, 0.15) is 13.8 Å². The van der Waals surface area contributed by atoms with Gasteiger partial charge in [0.2, 0.25) is 5.91 Å². The van der Waals surface area contributed by atoms with Gasteiger partial charge in [0, 0.05) is 20.6 Å². The highest BCUT2D eigenvalue weighted by atomic mass is 16.2. The molecular weight excluding hydrogens is 330 g/mol. The first-order chi connectivity index (χ1) is 12.4. The monoisotopic (exact) mass is 355 g/mol. The molecule has 2 rings (SSSR count). The Labute approximate surface area is 154 Å². The van der Waals surface area contributed by atoms with E-state index in [0.717, 1.165) is 11.4 Å². The van der Waals surface area contributed by atoms with Crippen molar-refractivity contribution in [2.45, 2.75) is 13.8 Å². The normalized spacial score (nSPS) is 12.8. The Balaban J connectivity index is 2.25. The molecule has 1 N–H and O–H groups in total. The molecule has 0 atom stereocenters. The zero-order chi connectivity index (χ0) is 19.3. The number of nitrogens with zero attached hydrogens (tertiary/aromatic N) is 4. The summed E-state index contributed by atoms with van der Waals surface area (Å²) in [6, 6.07) is 9.81. The van der Waals surface area contributed by atoms with Gasteiger partial charge in [-0.05, 0) is 25.6 Å². The summed E-state index contributed by atoms with van der Waals surface area (Å²) in [5.74, 6) is 0.142. The number of nitriles is 1. The molecule has 0 radical (unpaired) electrons. The second kappa shape index (κ2) is 8.50. The highest BCUT2D eigenvalue weighted by Crippen LogP contribution is 2.40. The van der Waals surface area contributed by atoms with Crippen LogP contribution in [0.4, 0.5) is 11.4 Å². The summed E-state index contributed by atoms with van der Waals surface area (Å²) in [5, 5.41) is 12.4. The molecule has 7 heteroatoms. The van der Waals surface area contributed by atoms with Crippen molar-refractivity contribution in [1.29, 1.82) is 5.26 Å². The number of para-hydroxylation sites is 2. The highest BCUT2D eigenvalue weighted by molar-refractivity contribution is 6.03. The molecule has 0 aromatic heterocycles. The summed E-state index contributed by atoms with van der Waals surface area (Å²) in [7, 11) is 3.68. The molecule has 1 aliphatic heterocycles. The minimum atomic E-state index is -0.292. The van der Waals surface area contributed by atoms with Crippen LogP contribution in [0.2, 0.25) is 0 Å². The Morgan fingerprint density at radius 2 is 1.69 bits per heavy atom. The molecule has 0 fully saturated rings. The third kappa shape index (κ3) is 3.86. The molecule has 7 nitrogen and oxygen atoms in total. The van der Waals surface area contributed by atoms with E-state index >= 15 is 0 Å². The number of Topliss-reactive ketones (excluding diaryl/α,β-unsaturated/α-hetero) is 1. The molecule has 0 bridgehead atoms. The number of nitrogens with one attached hydrogen (secondary N) is 1. The van der Waals surface area contributed by atoms with Crippen LogP contribution in [0.5, 0.6) is 0 Å². The zero-order valence-electron chi connectivity index (χ0n) is 15.7. The lowest BCUT2D eigenvalue weighted by Gasteiger charge is -2.22. The number of amides is 1. The van der Waals surface area contributed by atoms with Crippen molar-refractivity contribution in [3.05, 3.63) is 35.7 Å². The number of hydrogen-bond acceptors (Lipinski definition) is 6. The van der Waals surface area contributed by atoms with Crippen molar-refractivity contribution in [2.75, 3.05) is 50.1 Å². The first-order valence-electron chi connectivity index (χ1n) is 8.67. The summed E-state index contributed by atoms with van der Waals surface area (Å²) >= 11 is 0. The van der Waals surface area contributed by atoms with E-state index in [1.165, 1.54) is 0 Å². The summed E-state index contributed by atoms with van der Waals surface area (Å²) < 4.78 is 0. The molecule has 26 heavy (non-hydrogen) atoms. The van der Waals surface area contributed by atoms with Crippen molar-refractivity contribution in [2.24, 2.45) is 0 Å². The van der Waals surface area contributed by atoms with Crippen LogP contribution in [0.3, 0.4) is 0 Å². The first kappa shape index (κ1) is 19.5. The third-order valence-corrected chi connectivity index (χ3v) is 4.41. The summed E-state index contributed by atoms with van der Waals surface area (Å²) in [4.78, 5) is 30.0. The SMILES string of the molecule is CCNC(=O)CN(CC)CC(=O)C(C#N)=C1N(C)c2ccccc2N1C. The van der Waals surface area contributed by atoms with Crippen molar-refractivity contribution < 1.29 is 9.59 Å². The van der Waals surface area contributed by atoms with Gasteiger partial charge in [-0.15, -0.1) is 0 Å². The molecule has 138 valence electrons. The Kier molecular flexibility index (Phi) is 6.36. The number of carbonyl (C=O) groups is 2. The van der Waals surface area contributed by atoms with E-state index in [-0.39, 0.29) is 30.4 Å². The average Bonchev–Trinajstić information content (AvgIpc) is 2.87. The Hall–Kier alpha value is -2.85. The van der Waals surface area contributed by atoms with Crippen molar-refractivity contribution in [1.82, 2.24) is 10.2 Å². The maximum absolute atomic E-state index is 12.8. The number of benzene rings is 1. The predicted molar refractivity (Wildman–Crippen MR) is 102 cm³/mol. The van der Waals surface area contributed by atoms with Gasteiger partial charge in [-0.1, -0.05) is 19.1 Å². The Morgan fingerprint density at radius 1 is 1.12 bits per heavy atom. The third-order valence-electron chi connectivity index (χ3n) is 4.41. The molecule has 0 saturated heterocycles. The predicted octanol–water partition coefficient (Wildman–Crippen LogP) is 1.33. The Morgan fingerprint density at radius 3 is 2.15 bits per heavy atom. The van der Waals surface area contributed by atoms with Gasteiger partial charge in [-0.3, -0.25) is 14.5 Å². The van der Waals surface area contributed by atoms with Gasteiger partial charge in [0.25, 0.3) is 0 Å². The van der Waals surface area contributed by atoms with Gasteiger partial charge in [-0.25, -0.2) is 0 Å². The molecule has 0 spiro atoms. The van der Waals surface area contributed by atoms with Gasteiger partial charge in [0.15, 0.2) is 5.78 Å². The van der Waals surface area contributed by atoms with Crippen molar-refractivity contribution >= 4 is 23.1 Å². The molecule has 1 aromatic rings. The number of carbonyl (C=O) groups excluding carboxylic acids is 2. The summed E-state index contributed by atoms with van der Waals surface area (Å²) in [5.41, 5.74) is 1.99. The molecular formula is C19H25N5O2.